The molecule has 0 radical (unpaired) electrons. The maximum atomic E-state index is 9.90. The average molecular weight is 238 g/mol. The third kappa shape index (κ3) is 2.57. The Kier molecular flexibility index (Phi) is 3.74. The van der Waals surface area contributed by atoms with Crippen LogP contribution in [0.15, 0.2) is 6.07 Å². The van der Waals surface area contributed by atoms with Gasteiger partial charge in [-0.05, 0) is 30.7 Å². The van der Waals surface area contributed by atoms with Crippen LogP contribution in [-0.4, -0.2) is 10.9 Å². The Balaban J connectivity index is 2.13. The Bertz CT molecular complexity index is 374. The lowest BCUT2D eigenvalue weighted by atomic mass is 10.1. The zero-order valence-corrected chi connectivity index (χ0v) is 10.4. The Morgan fingerprint density at radius 2 is 2.47 bits per heavy atom. The van der Waals surface area contributed by atoms with Crippen molar-refractivity contribution in [3.05, 3.63) is 21.4 Å². The van der Waals surface area contributed by atoms with Crippen LogP contribution in [0.5, 0.6) is 0 Å². The molecule has 15 heavy (non-hydrogen) atoms. The monoisotopic (exact) mass is 238 g/mol. The number of aliphatic hydroxyl groups excluding tert-OH is 1. The summed E-state index contributed by atoms with van der Waals surface area (Å²) in [5.41, 5.74) is 1.43. The van der Waals surface area contributed by atoms with E-state index in [0.717, 1.165) is 17.1 Å². The predicted molar refractivity (Wildman–Crippen MR) is 67.2 cm³/mol. The quantitative estimate of drug-likeness (QED) is 0.799. The average Bonchev–Trinajstić information content (AvgIpc) is 2.69. The molecule has 0 spiro atoms. The van der Waals surface area contributed by atoms with Gasteiger partial charge in [-0.1, -0.05) is 0 Å². The van der Waals surface area contributed by atoms with Gasteiger partial charge in [-0.2, -0.15) is 11.8 Å². The molecular formula is C12H14OS2. The standard InChI is InChI=1S/C12H14OS2/c1-2-3-4-10(13)12-7-9-8-14-6-5-11(9)15-12/h7,10,13H,4-6,8H2,1H3. The SMILES string of the molecule is CC#CCC(O)c1cc2c(s1)CCSC2. The van der Waals surface area contributed by atoms with Crippen molar-refractivity contribution >= 4 is 23.1 Å². The number of thioether (sulfide) groups is 1. The number of rotatable bonds is 2. The molecule has 0 saturated heterocycles. The van der Waals surface area contributed by atoms with E-state index in [0.29, 0.717) is 6.42 Å². The van der Waals surface area contributed by atoms with Crippen LogP contribution in [0.1, 0.15) is 34.8 Å². The second-order valence-corrected chi connectivity index (χ2v) is 5.82. The van der Waals surface area contributed by atoms with Crippen LogP contribution in [0.2, 0.25) is 0 Å². The molecule has 1 aromatic heterocycles. The molecule has 2 heterocycles. The molecule has 2 rings (SSSR count). The molecule has 0 aliphatic carbocycles. The van der Waals surface area contributed by atoms with Gasteiger partial charge in [0.15, 0.2) is 0 Å². The van der Waals surface area contributed by atoms with Gasteiger partial charge >= 0.3 is 0 Å². The summed E-state index contributed by atoms with van der Waals surface area (Å²) in [5, 5.41) is 9.90. The van der Waals surface area contributed by atoms with Gasteiger partial charge in [0.25, 0.3) is 0 Å². The first kappa shape index (κ1) is 11.1. The molecule has 1 nitrogen and oxygen atoms in total. The summed E-state index contributed by atoms with van der Waals surface area (Å²) >= 11 is 3.74. The van der Waals surface area contributed by atoms with Crippen LogP contribution >= 0.6 is 23.1 Å². The minimum absolute atomic E-state index is 0.391. The molecule has 1 aromatic rings. The highest BCUT2D eigenvalue weighted by atomic mass is 32.2. The fraction of sp³-hybridized carbons (Fsp3) is 0.500. The Morgan fingerprint density at radius 1 is 1.60 bits per heavy atom. The lowest BCUT2D eigenvalue weighted by molar-refractivity contribution is 0.188. The molecule has 1 unspecified atom stereocenters. The lowest BCUT2D eigenvalue weighted by Gasteiger charge is -2.08. The van der Waals surface area contributed by atoms with Gasteiger partial charge in [-0.15, -0.1) is 23.2 Å². The van der Waals surface area contributed by atoms with Gasteiger partial charge in [0, 0.05) is 21.9 Å². The lowest BCUT2D eigenvalue weighted by Crippen LogP contribution is -1.96. The first-order valence-corrected chi connectivity index (χ1v) is 7.05. The van der Waals surface area contributed by atoms with Crippen molar-refractivity contribution in [3.8, 4) is 11.8 Å². The van der Waals surface area contributed by atoms with Crippen molar-refractivity contribution in [2.45, 2.75) is 31.6 Å². The van der Waals surface area contributed by atoms with E-state index in [4.69, 9.17) is 0 Å². The van der Waals surface area contributed by atoms with Gasteiger partial charge in [-0.25, -0.2) is 0 Å². The second kappa shape index (κ2) is 5.07. The normalized spacial score (nSPS) is 16.4. The topological polar surface area (TPSA) is 20.2 Å². The number of hydrogen-bond donors (Lipinski definition) is 1. The minimum atomic E-state index is -0.391. The molecule has 3 heteroatoms. The van der Waals surface area contributed by atoms with Gasteiger partial charge in [0.2, 0.25) is 0 Å². The minimum Gasteiger partial charge on any atom is -0.387 e. The van der Waals surface area contributed by atoms with E-state index >= 15 is 0 Å². The van der Waals surface area contributed by atoms with E-state index in [1.807, 2.05) is 18.7 Å². The molecule has 1 N–H and O–H groups in total. The van der Waals surface area contributed by atoms with Crippen molar-refractivity contribution in [1.29, 1.82) is 0 Å². The third-order valence-corrected chi connectivity index (χ3v) is 4.79. The molecule has 0 bridgehead atoms. The van der Waals surface area contributed by atoms with Crippen LogP contribution < -0.4 is 0 Å². The Hall–Kier alpha value is -0.430. The van der Waals surface area contributed by atoms with Crippen molar-refractivity contribution in [2.75, 3.05) is 5.75 Å². The summed E-state index contributed by atoms with van der Waals surface area (Å²) in [4.78, 5) is 2.55. The predicted octanol–water partition coefficient (Wildman–Crippen LogP) is 2.98. The van der Waals surface area contributed by atoms with Gasteiger partial charge in [0.1, 0.15) is 0 Å². The zero-order chi connectivity index (χ0) is 10.7. The van der Waals surface area contributed by atoms with Crippen LogP contribution in [0.4, 0.5) is 0 Å². The molecule has 0 aromatic carbocycles. The molecular weight excluding hydrogens is 224 g/mol. The number of fused-ring (bicyclic) bond motifs is 1. The third-order valence-electron chi connectivity index (χ3n) is 2.45. The largest absolute Gasteiger partial charge is 0.387 e. The molecule has 1 aliphatic heterocycles. The Labute approximate surface area is 98.9 Å². The van der Waals surface area contributed by atoms with E-state index in [1.165, 1.54) is 16.2 Å². The maximum Gasteiger partial charge on any atom is 0.0990 e. The van der Waals surface area contributed by atoms with Crippen molar-refractivity contribution in [3.63, 3.8) is 0 Å². The summed E-state index contributed by atoms with van der Waals surface area (Å²) in [6.07, 6.45) is 1.33. The number of aliphatic hydroxyl groups is 1. The molecule has 1 aliphatic rings. The Morgan fingerprint density at radius 3 is 3.20 bits per heavy atom. The number of hydrogen-bond acceptors (Lipinski definition) is 3. The number of aryl methyl sites for hydroxylation is 1. The molecule has 80 valence electrons. The molecule has 0 amide bonds. The number of thiophene rings is 1. The van der Waals surface area contributed by atoms with Gasteiger partial charge in [-0.3, -0.25) is 0 Å². The maximum absolute atomic E-state index is 9.90. The van der Waals surface area contributed by atoms with Crippen LogP contribution in [0.25, 0.3) is 0 Å². The van der Waals surface area contributed by atoms with Crippen LogP contribution in [-0.2, 0) is 12.2 Å². The van der Waals surface area contributed by atoms with Crippen LogP contribution in [0, 0.1) is 11.8 Å². The fourth-order valence-electron chi connectivity index (χ4n) is 1.63. The smallest absolute Gasteiger partial charge is 0.0990 e. The van der Waals surface area contributed by atoms with Crippen molar-refractivity contribution in [1.82, 2.24) is 0 Å². The summed E-state index contributed by atoms with van der Waals surface area (Å²) < 4.78 is 0. The summed E-state index contributed by atoms with van der Waals surface area (Å²) in [5.74, 6) is 8.08. The molecule has 0 saturated carbocycles. The zero-order valence-electron chi connectivity index (χ0n) is 8.75. The summed E-state index contributed by atoms with van der Waals surface area (Å²) in [6, 6.07) is 2.16. The first-order valence-electron chi connectivity index (χ1n) is 5.08. The molecule has 1 atom stereocenters. The van der Waals surface area contributed by atoms with Crippen molar-refractivity contribution in [2.24, 2.45) is 0 Å². The highest BCUT2D eigenvalue weighted by Gasteiger charge is 2.17. The van der Waals surface area contributed by atoms with E-state index in [-0.39, 0.29) is 0 Å². The second-order valence-electron chi connectivity index (χ2n) is 3.55. The first-order chi connectivity index (χ1) is 7.31. The van der Waals surface area contributed by atoms with E-state index in [2.05, 4.69) is 17.9 Å². The van der Waals surface area contributed by atoms with Crippen LogP contribution in [0.3, 0.4) is 0 Å². The summed E-state index contributed by atoms with van der Waals surface area (Å²) in [7, 11) is 0. The molecule has 0 fully saturated rings. The van der Waals surface area contributed by atoms with E-state index in [9.17, 15) is 5.11 Å². The van der Waals surface area contributed by atoms with Crippen molar-refractivity contribution < 1.29 is 5.11 Å². The van der Waals surface area contributed by atoms with E-state index in [1.54, 1.807) is 11.3 Å². The van der Waals surface area contributed by atoms with E-state index < -0.39 is 6.10 Å². The fourth-order valence-corrected chi connectivity index (χ4v) is 4.00. The van der Waals surface area contributed by atoms with Gasteiger partial charge in [0.05, 0.1) is 6.10 Å². The van der Waals surface area contributed by atoms with Gasteiger partial charge < -0.3 is 5.11 Å². The highest BCUT2D eigenvalue weighted by molar-refractivity contribution is 7.98. The summed E-state index contributed by atoms with van der Waals surface area (Å²) in [6.45, 7) is 1.81. The highest BCUT2D eigenvalue weighted by Crippen LogP contribution is 2.35.